The Morgan fingerprint density at radius 3 is 2.43 bits per heavy atom. The van der Waals surface area contributed by atoms with Gasteiger partial charge in [-0.05, 0) is 20.8 Å². The van der Waals surface area contributed by atoms with Gasteiger partial charge in [0.1, 0.15) is 0 Å². The molecule has 1 heterocycles. The highest BCUT2D eigenvalue weighted by atomic mass is 19.1. The van der Waals surface area contributed by atoms with Crippen molar-refractivity contribution in [2.45, 2.75) is 38.8 Å². The molecular formula is C8H13FN2O3. The summed E-state index contributed by atoms with van der Waals surface area (Å²) in [6.07, 6.45) is -3.08. The molecule has 0 radical (unpaired) electrons. The van der Waals surface area contributed by atoms with Gasteiger partial charge in [0.15, 0.2) is 6.23 Å². The van der Waals surface area contributed by atoms with Crippen LogP contribution in [0, 0.1) is 0 Å². The molecule has 6 heteroatoms. The Labute approximate surface area is 81.0 Å². The molecular weight excluding hydrogens is 191 g/mol. The predicted molar refractivity (Wildman–Crippen MR) is 46.2 cm³/mol. The highest BCUT2D eigenvalue weighted by Gasteiger charge is 2.38. The van der Waals surface area contributed by atoms with Crippen LogP contribution in [0.1, 0.15) is 20.8 Å². The van der Waals surface area contributed by atoms with Crippen molar-refractivity contribution in [3.8, 4) is 0 Å². The van der Waals surface area contributed by atoms with E-state index in [1.54, 1.807) is 26.1 Å². The van der Waals surface area contributed by atoms with Crippen LogP contribution >= 0.6 is 0 Å². The van der Waals surface area contributed by atoms with Crippen LogP contribution < -0.4 is 10.6 Å². The summed E-state index contributed by atoms with van der Waals surface area (Å²) in [7, 11) is 0. The molecule has 1 aliphatic heterocycles. The zero-order chi connectivity index (χ0) is 10.9. The standard InChI is InChI=1S/C8H13FN2O3/c1-8(2,3)14-6-4(9)5(12)10-7(13)11-6/h4,6H,1-3H3,(H2,10,11,12,13)/t4-,6-/m0/s1. The van der Waals surface area contributed by atoms with Crippen LogP contribution in [0.5, 0.6) is 0 Å². The van der Waals surface area contributed by atoms with Gasteiger partial charge in [-0.25, -0.2) is 9.18 Å². The number of nitrogens with one attached hydrogen (secondary N) is 2. The Morgan fingerprint density at radius 1 is 1.36 bits per heavy atom. The van der Waals surface area contributed by atoms with Gasteiger partial charge in [-0.3, -0.25) is 10.1 Å². The molecule has 5 nitrogen and oxygen atoms in total. The van der Waals surface area contributed by atoms with Crippen LogP contribution in [-0.2, 0) is 9.53 Å². The number of halogens is 1. The summed E-state index contributed by atoms with van der Waals surface area (Å²) in [5.41, 5.74) is -0.625. The van der Waals surface area contributed by atoms with E-state index >= 15 is 0 Å². The van der Waals surface area contributed by atoms with E-state index < -0.39 is 29.9 Å². The van der Waals surface area contributed by atoms with E-state index in [4.69, 9.17) is 4.74 Å². The van der Waals surface area contributed by atoms with Gasteiger partial charge in [-0.15, -0.1) is 0 Å². The maximum Gasteiger partial charge on any atom is 0.323 e. The van der Waals surface area contributed by atoms with Gasteiger partial charge in [0.25, 0.3) is 5.91 Å². The maximum atomic E-state index is 13.2. The van der Waals surface area contributed by atoms with E-state index in [0.717, 1.165) is 0 Å². The number of imide groups is 1. The van der Waals surface area contributed by atoms with Crippen LogP contribution in [0.15, 0.2) is 0 Å². The van der Waals surface area contributed by atoms with E-state index in [0.29, 0.717) is 0 Å². The number of hydrogen-bond donors (Lipinski definition) is 2. The molecule has 0 aromatic heterocycles. The fourth-order valence-corrected chi connectivity index (χ4v) is 1.03. The molecule has 0 unspecified atom stereocenters. The zero-order valence-corrected chi connectivity index (χ0v) is 8.26. The number of hydrogen-bond acceptors (Lipinski definition) is 3. The maximum absolute atomic E-state index is 13.2. The smallest absolute Gasteiger partial charge is 0.323 e. The van der Waals surface area contributed by atoms with E-state index in [1.807, 2.05) is 0 Å². The third-order valence-corrected chi connectivity index (χ3v) is 1.51. The second-order valence-corrected chi connectivity index (χ2v) is 4.02. The minimum atomic E-state index is -1.87. The first-order valence-electron chi connectivity index (χ1n) is 4.23. The molecule has 0 spiro atoms. The third-order valence-electron chi connectivity index (χ3n) is 1.51. The molecule has 0 bridgehead atoms. The van der Waals surface area contributed by atoms with Crippen molar-refractivity contribution in [1.82, 2.24) is 10.6 Å². The van der Waals surface area contributed by atoms with Crippen LogP contribution in [0.2, 0.25) is 0 Å². The minimum absolute atomic E-state index is 0.625. The number of carbonyl (C=O) groups is 2. The lowest BCUT2D eigenvalue weighted by Gasteiger charge is -2.32. The molecule has 80 valence electrons. The molecule has 0 aromatic rings. The van der Waals surface area contributed by atoms with Crippen LogP contribution in [0.3, 0.4) is 0 Å². The molecule has 1 aliphatic rings. The highest BCUT2D eigenvalue weighted by Crippen LogP contribution is 2.15. The number of rotatable bonds is 1. The SMILES string of the molecule is CC(C)(C)O[C@@H]1NC(=O)NC(=O)[C@@H]1F. The van der Waals surface area contributed by atoms with Gasteiger partial charge < -0.3 is 10.1 Å². The summed E-state index contributed by atoms with van der Waals surface area (Å²) in [6, 6.07) is -0.738. The van der Waals surface area contributed by atoms with Gasteiger partial charge in [0.2, 0.25) is 6.17 Å². The number of carbonyl (C=O) groups excluding carboxylic acids is 2. The second kappa shape index (κ2) is 3.53. The first-order valence-corrected chi connectivity index (χ1v) is 4.23. The first-order chi connectivity index (χ1) is 6.29. The number of amides is 3. The number of ether oxygens (including phenoxy) is 1. The average Bonchev–Trinajstić information content (AvgIpc) is 1.96. The van der Waals surface area contributed by atoms with E-state index in [9.17, 15) is 14.0 Å². The van der Waals surface area contributed by atoms with Crippen LogP contribution in [0.25, 0.3) is 0 Å². The molecule has 1 saturated heterocycles. The minimum Gasteiger partial charge on any atom is -0.349 e. The number of alkyl halides is 1. The Morgan fingerprint density at radius 2 is 1.93 bits per heavy atom. The highest BCUT2D eigenvalue weighted by molar-refractivity contribution is 5.99. The molecule has 1 fully saturated rings. The molecule has 2 N–H and O–H groups in total. The third kappa shape index (κ3) is 2.66. The van der Waals surface area contributed by atoms with Gasteiger partial charge in [-0.2, -0.15) is 0 Å². The zero-order valence-electron chi connectivity index (χ0n) is 8.26. The van der Waals surface area contributed by atoms with E-state index in [2.05, 4.69) is 5.32 Å². The van der Waals surface area contributed by atoms with Crippen molar-refractivity contribution in [3.63, 3.8) is 0 Å². The monoisotopic (exact) mass is 204 g/mol. The molecule has 0 aromatic carbocycles. The summed E-state index contributed by atoms with van der Waals surface area (Å²) in [5, 5.41) is 3.99. The largest absolute Gasteiger partial charge is 0.349 e. The summed E-state index contributed by atoms with van der Waals surface area (Å²) >= 11 is 0. The lowest BCUT2D eigenvalue weighted by Crippen LogP contribution is -2.61. The normalized spacial score (nSPS) is 28.3. The molecule has 0 aliphatic carbocycles. The van der Waals surface area contributed by atoms with Gasteiger partial charge in [-0.1, -0.05) is 0 Å². The molecule has 2 atom stereocenters. The lowest BCUT2D eigenvalue weighted by atomic mass is 10.2. The summed E-state index contributed by atoms with van der Waals surface area (Å²) in [4.78, 5) is 21.7. The fraction of sp³-hybridized carbons (Fsp3) is 0.750. The van der Waals surface area contributed by atoms with Crippen molar-refractivity contribution in [2.75, 3.05) is 0 Å². The van der Waals surface area contributed by atoms with Crippen LogP contribution in [0.4, 0.5) is 9.18 Å². The van der Waals surface area contributed by atoms with E-state index in [-0.39, 0.29) is 0 Å². The molecule has 0 saturated carbocycles. The average molecular weight is 204 g/mol. The summed E-state index contributed by atoms with van der Waals surface area (Å²) in [5.74, 6) is -0.969. The molecule has 3 amide bonds. The van der Waals surface area contributed by atoms with Crippen LogP contribution in [-0.4, -0.2) is 29.9 Å². The Hall–Kier alpha value is -1.17. The van der Waals surface area contributed by atoms with E-state index in [1.165, 1.54) is 0 Å². The number of urea groups is 1. The quantitative estimate of drug-likeness (QED) is 0.645. The summed E-state index contributed by atoms with van der Waals surface area (Å²) in [6.45, 7) is 5.12. The van der Waals surface area contributed by atoms with Crippen molar-refractivity contribution in [1.29, 1.82) is 0 Å². The molecule has 14 heavy (non-hydrogen) atoms. The predicted octanol–water partition coefficient (Wildman–Crippen LogP) is 0.305. The topological polar surface area (TPSA) is 67.4 Å². The van der Waals surface area contributed by atoms with Crippen molar-refractivity contribution in [2.24, 2.45) is 0 Å². The van der Waals surface area contributed by atoms with Gasteiger partial charge in [0, 0.05) is 0 Å². The van der Waals surface area contributed by atoms with Gasteiger partial charge in [0.05, 0.1) is 5.60 Å². The summed E-state index contributed by atoms with van der Waals surface area (Å²) < 4.78 is 18.4. The fourth-order valence-electron chi connectivity index (χ4n) is 1.03. The Balaban J connectivity index is 2.67. The first kappa shape index (κ1) is 10.9. The Bertz CT molecular complexity index is 262. The van der Waals surface area contributed by atoms with Crippen molar-refractivity contribution < 1.29 is 18.7 Å². The van der Waals surface area contributed by atoms with Crippen molar-refractivity contribution >= 4 is 11.9 Å². The molecule has 1 rings (SSSR count). The Kier molecular flexibility index (Phi) is 2.75. The van der Waals surface area contributed by atoms with Crippen molar-refractivity contribution in [3.05, 3.63) is 0 Å². The lowest BCUT2D eigenvalue weighted by molar-refractivity contribution is -0.144. The van der Waals surface area contributed by atoms with Gasteiger partial charge >= 0.3 is 6.03 Å². The second-order valence-electron chi connectivity index (χ2n) is 4.02.